The highest BCUT2D eigenvalue weighted by Gasteiger charge is 2.06. The summed E-state index contributed by atoms with van der Waals surface area (Å²) in [5.41, 5.74) is 5.92. The fraction of sp³-hybridized carbons (Fsp3) is 0.273. The maximum Gasteiger partial charge on any atom is 0.346 e. The van der Waals surface area contributed by atoms with E-state index in [2.05, 4.69) is 4.98 Å². The third-order valence-electron chi connectivity index (χ3n) is 2.08. The molecule has 78 valence electrons. The van der Waals surface area contributed by atoms with Gasteiger partial charge < -0.3 is 10.2 Å². The zero-order valence-corrected chi connectivity index (χ0v) is 8.43. The molecule has 0 spiro atoms. The Kier molecular flexibility index (Phi) is 2.51. The Balaban J connectivity index is 2.57. The summed E-state index contributed by atoms with van der Waals surface area (Å²) in [6, 6.07) is 7.04. The van der Waals surface area contributed by atoms with Crippen LogP contribution in [0.15, 0.2) is 33.5 Å². The van der Waals surface area contributed by atoms with Crippen molar-refractivity contribution in [1.29, 1.82) is 0 Å². The lowest BCUT2D eigenvalue weighted by Gasteiger charge is -2.03. The van der Waals surface area contributed by atoms with Crippen LogP contribution >= 0.6 is 0 Å². The molecule has 1 atom stereocenters. The zero-order chi connectivity index (χ0) is 10.8. The molecule has 0 amide bonds. The molecule has 4 heteroatoms. The average Bonchev–Trinajstić information content (AvgIpc) is 2.16. The standard InChI is InChI=1S/C11H12N2O2/c1-7(12)6-10-13-9-5-3-2-4-8(9)11(14)15-10/h2-5,7H,6,12H2,1H3. The number of hydrogen-bond donors (Lipinski definition) is 1. The van der Waals surface area contributed by atoms with E-state index < -0.39 is 0 Å². The van der Waals surface area contributed by atoms with E-state index in [1.165, 1.54) is 0 Å². The summed E-state index contributed by atoms with van der Waals surface area (Å²) < 4.78 is 5.05. The van der Waals surface area contributed by atoms with E-state index in [0.29, 0.717) is 23.2 Å². The van der Waals surface area contributed by atoms with E-state index in [4.69, 9.17) is 10.2 Å². The highest BCUT2D eigenvalue weighted by atomic mass is 16.4. The number of fused-ring (bicyclic) bond motifs is 1. The van der Waals surface area contributed by atoms with Crippen LogP contribution in [-0.2, 0) is 6.42 Å². The monoisotopic (exact) mass is 204 g/mol. The molecule has 1 unspecified atom stereocenters. The summed E-state index contributed by atoms with van der Waals surface area (Å²) in [6.07, 6.45) is 0.472. The van der Waals surface area contributed by atoms with Crippen molar-refractivity contribution in [3.63, 3.8) is 0 Å². The van der Waals surface area contributed by atoms with Crippen molar-refractivity contribution in [1.82, 2.24) is 4.98 Å². The van der Waals surface area contributed by atoms with Crippen molar-refractivity contribution in [3.05, 3.63) is 40.6 Å². The van der Waals surface area contributed by atoms with Gasteiger partial charge in [-0.05, 0) is 19.1 Å². The minimum atomic E-state index is -0.351. The van der Waals surface area contributed by atoms with Gasteiger partial charge >= 0.3 is 5.63 Å². The number of rotatable bonds is 2. The summed E-state index contributed by atoms with van der Waals surface area (Å²) >= 11 is 0. The van der Waals surface area contributed by atoms with Crippen LogP contribution in [-0.4, -0.2) is 11.0 Å². The molecule has 0 aliphatic carbocycles. The van der Waals surface area contributed by atoms with Crippen LogP contribution in [0.4, 0.5) is 0 Å². The summed E-state index contributed by atoms with van der Waals surface area (Å²) in [4.78, 5) is 15.8. The van der Waals surface area contributed by atoms with Crippen LogP contribution in [0.25, 0.3) is 10.9 Å². The van der Waals surface area contributed by atoms with Gasteiger partial charge in [-0.15, -0.1) is 0 Å². The van der Waals surface area contributed by atoms with E-state index in [-0.39, 0.29) is 11.7 Å². The van der Waals surface area contributed by atoms with Gasteiger partial charge in [0, 0.05) is 12.5 Å². The van der Waals surface area contributed by atoms with Gasteiger partial charge in [-0.2, -0.15) is 0 Å². The van der Waals surface area contributed by atoms with E-state index in [0.717, 1.165) is 0 Å². The number of para-hydroxylation sites is 1. The van der Waals surface area contributed by atoms with Gasteiger partial charge in [-0.1, -0.05) is 12.1 Å². The lowest BCUT2D eigenvalue weighted by Crippen LogP contribution is -2.19. The minimum Gasteiger partial charge on any atom is -0.408 e. The van der Waals surface area contributed by atoms with Crippen molar-refractivity contribution in [2.75, 3.05) is 0 Å². The van der Waals surface area contributed by atoms with Crippen molar-refractivity contribution >= 4 is 10.9 Å². The van der Waals surface area contributed by atoms with Gasteiger partial charge in [0.25, 0.3) is 0 Å². The molecule has 0 saturated carbocycles. The number of nitrogens with two attached hydrogens (primary N) is 1. The van der Waals surface area contributed by atoms with Gasteiger partial charge in [0.1, 0.15) is 0 Å². The largest absolute Gasteiger partial charge is 0.408 e. The first-order valence-corrected chi connectivity index (χ1v) is 4.81. The number of nitrogens with zero attached hydrogens (tertiary/aromatic N) is 1. The lowest BCUT2D eigenvalue weighted by atomic mass is 10.2. The van der Waals surface area contributed by atoms with E-state index in [1.54, 1.807) is 18.2 Å². The SMILES string of the molecule is CC(N)Cc1nc2ccccc2c(=O)o1. The van der Waals surface area contributed by atoms with Crippen LogP contribution in [0.3, 0.4) is 0 Å². The fourth-order valence-electron chi connectivity index (χ4n) is 1.43. The zero-order valence-electron chi connectivity index (χ0n) is 8.43. The molecule has 0 fully saturated rings. The molecule has 0 bridgehead atoms. The van der Waals surface area contributed by atoms with Crippen LogP contribution in [0.5, 0.6) is 0 Å². The van der Waals surface area contributed by atoms with Crippen molar-refractivity contribution in [2.45, 2.75) is 19.4 Å². The van der Waals surface area contributed by atoms with Crippen LogP contribution in [0.2, 0.25) is 0 Å². The molecule has 2 aromatic rings. The Hall–Kier alpha value is -1.68. The van der Waals surface area contributed by atoms with Gasteiger partial charge in [0.05, 0.1) is 10.9 Å². The highest BCUT2D eigenvalue weighted by molar-refractivity contribution is 5.76. The molecule has 2 rings (SSSR count). The smallest absolute Gasteiger partial charge is 0.346 e. The highest BCUT2D eigenvalue weighted by Crippen LogP contribution is 2.07. The summed E-state index contributed by atoms with van der Waals surface area (Å²) in [6.45, 7) is 1.84. The summed E-state index contributed by atoms with van der Waals surface area (Å²) in [5, 5.41) is 0.505. The number of aromatic nitrogens is 1. The Morgan fingerprint density at radius 3 is 2.93 bits per heavy atom. The molecule has 0 aliphatic heterocycles. The second kappa shape index (κ2) is 3.82. The lowest BCUT2D eigenvalue weighted by molar-refractivity contribution is 0.431. The second-order valence-corrected chi connectivity index (χ2v) is 3.59. The molecular weight excluding hydrogens is 192 g/mol. The van der Waals surface area contributed by atoms with Crippen molar-refractivity contribution in [3.8, 4) is 0 Å². The number of benzene rings is 1. The Morgan fingerprint density at radius 2 is 2.20 bits per heavy atom. The van der Waals surface area contributed by atoms with Crippen molar-refractivity contribution in [2.24, 2.45) is 5.73 Å². The first-order chi connectivity index (χ1) is 7.16. The molecule has 1 aromatic carbocycles. The van der Waals surface area contributed by atoms with Gasteiger partial charge in [-0.3, -0.25) is 0 Å². The molecule has 1 heterocycles. The van der Waals surface area contributed by atoms with Crippen LogP contribution < -0.4 is 11.4 Å². The van der Waals surface area contributed by atoms with E-state index in [9.17, 15) is 4.79 Å². The second-order valence-electron chi connectivity index (χ2n) is 3.59. The van der Waals surface area contributed by atoms with E-state index in [1.807, 2.05) is 13.0 Å². The Morgan fingerprint density at radius 1 is 1.47 bits per heavy atom. The topological polar surface area (TPSA) is 69.1 Å². The maximum atomic E-state index is 11.5. The van der Waals surface area contributed by atoms with Gasteiger partial charge in [-0.25, -0.2) is 9.78 Å². The molecule has 0 aliphatic rings. The molecule has 15 heavy (non-hydrogen) atoms. The molecule has 0 radical (unpaired) electrons. The van der Waals surface area contributed by atoms with Gasteiger partial charge in [0.2, 0.25) is 5.89 Å². The molecule has 1 aromatic heterocycles. The van der Waals surface area contributed by atoms with E-state index >= 15 is 0 Å². The summed E-state index contributed by atoms with van der Waals surface area (Å²) in [7, 11) is 0. The van der Waals surface area contributed by atoms with Crippen LogP contribution in [0.1, 0.15) is 12.8 Å². The molecule has 2 N–H and O–H groups in total. The predicted octanol–water partition coefficient (Wildman–Crippen LogP) is 1.08. The molecule has 4 nitrogen and oxygen atoms in total. The first kappa shape index (κ1) is 9.86. The Labute approximate surface area is 86.7 Å². The summed E-state index contributed by atoms with van der Waals surface area (Å²) in [5.74, 6) is 0.397. The average molecular weight is 204 g/mol. The first-order valence-electron chi connectivity index (χ1n) is 4.81. The van der Waals surface area contributed by atoms with Gasteiger partial charge in [0.15, 0.2) is 0 Å². The van der Waals surface area contributed by atoms with Crippen LogP contribution in [0, 0.1) is 0 Å². The normalized spacial score (nSPS) is 12.9. The maximum absolute atomic E-state index is 11.5. The predicted molar refractivity (Wildman–Crippen MR) is 57.6 cm³/mol. The number of hydrogen-bond acceptors (Lipinski definition) is 4. The Bertz CT molecular complexity index is 531. The molecular formula is C11H12N2O2. The van der Waals surface area contributed by atoms with Crippen molar-refractivity contribution < 1.29 is 4.42 Å². The molecule has 0 saturated heterocycles. The minimum absolute atomic E-state index is 0.0678. The fourth-order valence-corrected chi connectivity index (χ4v) is 1.43. The third-order valence-corrected chi connectivity index (χ3v) is 2.08. The quantitative estimate of drug-likeness (QED) is 0.794. The third kappa shape index (κ3) is 2.05.